The van der Waals surface area contributed by atoms with E-state index in [1.165, 1.54) is 35.6 Å². The molecule has 0 radical (unpaired) electrons. The normalized spacial score (nSPS) is 17.0. The number of carboxylic acids is 1. The Kier molecular flexibility index (Phi) is 26.5. The van der Waals surface area contributed by atoms with Crippen LogP contribution in [-0.2, 0) is 86.5 Å². The van der Waals surface area contributed by atoms with Gasteiger partial charge < -0.3 is 31.3 Å². The predicted octanol–water partition coefficient (Wildman–Crippen LogP) is 4.54. The monoisotopic (exact) mass is 1650 g/mol. The lowest BCUT2D eigenvalue weighted by Gasteiger charge is -2.30. The smallest absolute Gasteiger partial charge is 0.303 e. The third kappa shape index (κ3) is 22.5. The van der Waals surface area contributed by atoms with E-state index in [1.807, 2.05) is 4.90 Å². The number of thiophene rings is 2. The summed E-state index contributed by atoms with van der Waals surface area (Å²) in [6.45, 7) is 0.918. The van der Waals surface area contributed by atoms with Crippen LogP contribution in [0.2, 0.25) is 0 Å². The number of rotatable bonds is 38. The molecule has 106 heavy (non-hydrogen) atoms. The van der Waals surface area contributed by atoms with Gasteiger partial charge in [-0.3, -0.25) is 55.8 Å². The standard InChI is InChI=1S/C62H74N8O27S9/c1-61(15-7-25-100(77,78)79)44-36-42(38-32-46(57(73)63-17-28-103(86,87)88)67-47(33-38)58(74)64-18-29-104(89,90)91)55-40(13-23-98-55)53(44)69(21-5-3-4-12-52(71)72)50(61)10-6-11-51-62(2,16-8-26-101(80,81)82)45-37-43(56-41(14-24-99-56)54(45)70(51)22-9-27-102(83,84)85)39-34-48(59(75)65-19-30-105(92,93)94)68-49(35-39)60(76)66-20-31-106(95,96)97/h6,10-11,13-14,23-24,32-37H,3-5,7-9,12,15-22,25-31H2,1-2H3,(H11-,63,64,65,66,71,72,73,74,75,76,77,78,79,80,81,82,83,84,85,86,87,88,89,90,91,92,93,94,95,96,97)/p+1. The molecule has 4 amide bonds. The van der Waals surface area contributed by atoms with Gasteiger partial charge in [0.25, 0.3) is 94.5 Å². The number of aromatic nitrogens is 2. The van der Waals surface area contributed by atoms with E-state index in [-0.39, 0.29) is 74.7 Å². The summed E-state index contributed by atoms with van der Waals surface area (Å²) in [5.74, 6) is -11.3. The molecule has 0 saturated carbocycles. The van der Waals surface area contributed by atoms with Gasteiger partial charge in [0.2, 0.25) is 5.69 Å². The van der Waals surface area contributed by atoms with Gasteiger partial charge in [-0.05, 0) is 134 Å². The molecule has 2 aliphatic rings. The van der Waals surface area contributed by atoms with Crippen molar-refractivity contribution in [3.63, 3.8) is 0 Å². The van der Waals surface area contributed by atoms with Crippen molar-refractivity contribution in [2.75, 3.05) is 84.4 Å². The van der Waals surface area contributed by atoms with Gasteiger partial charge in [0, 0.05) is 94.2 Å². The molecule has 0 saturated heterocycles. The molecule has 4 aromatic heterocycles. The summed E-state index contributed by atoms with van der Waals surface area (Å²) in [5.41, 5.74) is -1.33. The highest BCUT2D eigenvalue weighted by Crippen LogP contribution is 2.57. The maximum atomic E-state index is 13.8. The Morgan fingerprint density at radius 3 is 1.29 bits per heavy atom. The molecule has 6 aromatic rings. The van der Waals surface area contributed by atoms with E-state index in [2.05, 4.69) is 31.2 Å². The van der Waals surface area contributed by atoms with E-state index < -0.39 is 200 Å². The highest BCUT2D eigenvalue weighted by molar-refractivity contribution is 7.87. The highest BCUT2D eigenvalue weighted by Gasteiger charge is 2.50. The Balaban J connectivity index is 1.38. The third-order valence-corrected chi connectivity index (χ3v) is 24.6. The van der Waals surface area contributed by atoms with Crippen molar-refractivity contribution in [2.24, 2.45) is 0 Å². The number of anilines is 1. The molecular formula is C62H75N8O27S9+. The fourth-order valence-corrected chi connectivity index (χ4v) is 17.5. The number of nitrogens with one attached hydrogen (secondary N) is 4. The van der Waals surface area contributed by atoms with Gasteiger partial charge in [0.05, 0.1) is 56.8 Å². The van der Waals surface area contributed by atoms with Crippen LogP contribution in [-0.4, -0.2) is 225 Å². The van der Waals surface area contributed by atoms with Gasteiger partial charge in [-0.1, -0.05) is 12.5 Å². The predicted molar refractivity (Wildman–Crippen MR) is 393 cm³/mol. The van der Waals surface area contributed by atoms with Crippen LogP contribution in [0, 0.1) is 0 Å². The fourth-order valence-electron chi connectivity index (χ4n) is 12.7. The lowest BCUT2D eigenvalue weighted by Crippen LogP contribution is -2.32. The molecule has 6 heterocycles. The summed E-state index contributed by atoms with van der Waals surface area (Å²) in [4.78, 5) is 77.4. The van der Waals surface area contributed by atoms with E-state index in [0.29, 0.717) is 72.5 Å². The summed E-state index contributed by atoms with van der Waals surface area (Å²) in [6.07, 6.45) is 4.76. The number of amides is 4. The first-order valence-electron chi connectivity index (χ1n) is 32.1. The van der Waals surface area contributed by atoms with Crippen LogP contribution in [0.25, 0.3) is 42.4 Å². The topological polar surface area (TPSA) is 566 Å². The highest BCUT2D eigenvalue weighted by atomic mass is 32.2. The number of pyridine rings is 2. The lowest BCUT2D eigenvalue weighted by atomic mass is 9.74. The molecule has 35 nitrogen and oxygen atoms in total. The molecule has 2 unspecified atom stereocenters. The van der Waals surface area contributed by atoms with Gasteiger partial charge in [-0.15, -0.1) is 22.7 Å². The SMILES string of the molecule is CC1(CCCS(=O)(=O)O)C(/C=C/C=C2/N(CCCCCC(=O)O)c3c(cc(-c4cc(C(=O)NCCS(=O)(=O)O)nc(C(=O)NCCS(=O)(=O)O)c4)c4sccc34)C2(C)CCCS(=O)(=O)O)=[N+](CCCS(=O)(=O)O)c2c1cc(-c1cc(C(=O)NCCS(=O)(=O)O)nc(C(=O)NCCS(=O)(=O)O)c1)c1sccc21. The molecular weight excluding hydrogens is 1580 g/mol. The number of carboxylic acid groups (broad SMARTS) is 1. The third-order valence-electron chi connectivity index (χ3n) is 17.4. The van der Waals surface area contributed by atoms with Gasteiger partial charge >= 0.3 is 5.97 Å². The molecule has 44 heteroatoms. The van der Waals surface area contributed by atoms with Crippen molar-refractivity contribution >= 4 is 160 Å². The number of benzene rings is 2. The van der Waals surface area contributed by atoms with E-state index >= 15 is 0 Å². The average Bonchev–Trinajstić information content (AvgIpc) is 1.56. The summed E-state index contributed by atoms with van der Waals surface area (Å²) in [5, 5.41) is 23.2. The van der Waals surface area contributed by atoms with Crippen LogP contribution in [0.15, 0.2) is 83.2 Å². The summed E-state index contributed by atoms with van der Waals surface area (Å²) in [6, 6.07) is 11.8. The molecule has 578 valence electrons. The van der Waals surface area contributed by atoms with Crippen LogP contribution >= 0.6 is 22.7 Å². The zero-order valence-corrected chi connectivity index (χ0v) is 63.7. The fraction of sp³-hybridized carbons (Fsp3) is 0.419. The van der Waals surface area contributed by atoms with Crippen molar-refractivity contribution in [3.8, 4) is 22.3 Å². The molecule has 2 atom stereocenters. The van der Waals surface area contributed by atoms with Crippen LogP contribution in [0.3, 0.4) is 0 Å². The van der Waals surface area contributed by atoms with Crippen molar-refractivity contribution in [1.29, 1.82) is 0 Å². The average molecular weight is 1650 g/mol. The van der Waals surface area contributed by atoms with Gasteiger partial charge in [-0.25, -0.2) is 9.97 Å². The molecule has 12 N–H and O–H groups in total. The van der Waals surface area contributed by atoms with Crippen molar-refractivity contribution in [1.82, 2.24) is 31.2 Å². The van der Waals surface area contributed by atoms with E-state index in [0.717, 1.165) is 11.3 Å². The molecule has 2 aliphatic heterocycles. The largest absolute Gasteiger partial charge is 0.481 e. The van der Waals surface area contributed by atoms with Crippen molar-refractivity contribution < 1.29 is 124 Å². The Bertz CT molecular complexity index is 5290. The number of carbonyl (C=O) groups is 5. The second kappa shape index (κ2) is 33.4. The minimum absolute atomic E-state index is 0.0732. The molecule has 0 bridgehead atoms. The quantitative estimate of drug-likeness (QED) is 0.0144. The Morgan fingerprint density at radius 2 is 0.877 bits per heavy atom. The van der Waals surface area contributed by atoms with Gasteiger partial charge in [-0.2, -0.15) is 63.5 Å². The number of nitrogens with zero attached hydrogens (tertiary/aromatic N) is 4. The number of hydrogen-bond donors (Lipinski definition) is 12. The number of aliphatic carboxylic acids is 1. The van der Waals surface area contributed by atoms with E-state index in [4.69, 9.17) is 0 Å². The van der Waals surface area contributed by atoms with Crippen LogP contribution in [0.4, 0.5) is 11.4 Å². The Labute approximate surface area is 617 Å². The van der Waals surface area contributed by atoms with Crippen molar-refractivity contribution in [2.45, 2.75) is 82.5 Å². The number of unbranched alkanes of at least 4 members (excludes halogenated alkanes) is 2. The molecule has 8 rings (SSSR count). The second-order valence-electron chi connectivity index (χ2n) is 25.3. The number of allylic oxidation sites excluding steroid dienone is 4. The zero-order valence-electron chi connectivity index (χ0n) is 56.4. The van der Waals surface area contributed by atoms with Gasteiger partial charge in [0.15, 0.2) is 5.71 Å². The lowest BCUT2D eigenvalue weighted by molar-refractivity contribution is -0.435. The minimum Gasteiger partial charge on any atom is -0.481 e. The zero-order chi connectivity index (χ0) is 78.3. The maximum absolute atomic E-state index is 13.8. The Morgan fingerprint density at radius 1 is 0.491 bits per heavy atom. The molecule has 0 aliphatic carbocycles. The molecule has 0 spiro atoms. The summed E-state index contributed by atoms with van der Waals surface area (Å²) >= 11 is 2.35. The first-order chi connectivity index (χ1) is 49.1. The summed E-state index contributed by atoms with van der Waals surface area (Å²) < 4.78 is 239. The Hall–Kier alpha value is -7.67. The van der Waals surface area contributed by atoms with Crippen molar-refractivity contribution in [3.05, 3.63) is 117 Å². The number of hydrogen-bond acceptors (Lipinski definition) is 24. The minimum atomic E-state index is -4.68. The first-order valence-corrected chi connectivity index (χ1v) is 45.1. The first kappa shape index (κ1) is 84.0. The number of fused-ring (bicyclic) bond motifs is 6. The van der Waals surface area contributed by atoms with Gasteiger partial charge in [0.1, 0.15) is 29.3 Å². The number of carbonyl (C=O) groups excluding carboxylic acids is 4. The molecule has 2 aromatic carbocycles. The van der Waals surface area contributed by atoms with Crippen LogP contribution in [0.5, 0.6) is 0 Å². The maximum Gasteiger partial charge on any atom is 0.303 e. The second-order valence-corrected chi connectivity index (χ2v) is 38.1. The molecule has 0 fully saturated rings. The summed E-state index contributed by atoms with van der Waals surface area (Å²) in [7, 11) is -32.4. The van der Waals surface area contributed by atoms with Crippen LogP contribution in [0.1, 0.15) is 125 Å². The van der Waals surface area contributed by atoms with E-state index in [9.17, 15) is 120 Å². The van der Waals surface area contributed by atoms with Crippen LogP contribution < -0.4 is 26.2 Å². The van der Waals surface area contributed by atoms with E-state index in [1.54, 1.807) is 71.7 Å².